The number of hydroxylamine groups is 1. The molecule has 0 atom stereocenters. The van der Waals surface area contributed by atoms with Gasteiger partial charge in [-0.3, -0.25) is 29.0 Å². The molecule has 1 aromatic heterocycles. The Balaban J connectivity index is 1.58. The molecule has 1 aliphatic heterocycles. The quantitative estimate of drug-likeness (QED) is 0.502. The van der Waals surface area contributed by atoms with E-state index >= 15 is 0 Å². The molecular formula is C24H23Cl2N5O4. The van der Waals surface area contributed by atoms with Crippen molar-refractivity contribution in [3.05, 3.63) is 102 Å². The Hall–Kier alpha value is -3.53. The van der Waals surface area contributed by atoms with Crippen LogP contribution in [0.2, 0.25) is 10.0 Å². The molecule has 1 amide bonds. The van der Waals surface area contributed by atoms with Crippen molar-refractivity contribution in [2.45, 2.75) is 13.5 Å². The first kappa shape index (κ1) is 24.6. The van der Waals surface area contributed by atoms with E-state index < -0.39 is 11.2 Å². The fraction of sp³-hybridized carbons (Fsp3) is 0.208. The van der Waals surface area contributed by atoms with Crippen molar-refractivity contribution in [2.75, 3.05) is 13.2 Å². The second-order valence-corrected chi connectivity index (χ2v) is 8.62. The molecule has 4 rings (SSSR count). The van der Waals surface area contributed by atoms with Gasteiger partial charge in [0.15, 0.2) is 0 Å². The molecule has 11 heteroatoms. The number of nitrogens with zero attached hydrogens (tertiary/aromatic N) is 3. The summed E-state index contributed by atoms with van der Waals surface area (Å²) < 4.78 is 2.49. The van der Waals surface area contributed by atoms with Crippen LogP contribution in [0.4, 0.5) is 0 Å². The van der Waals surface area contributed by atoms with Crippen LogP contribution < -0.4 is 22.0 Å². The molecule has 9 nitrogen and oxygen atoms in total. The summed E-state index contributed by atoms with van der Waals surface area (Å²) in [5.74, 6) is -0.349. The van der Waals surface area contributed by atoms with Gasteiger partial charge in [-0.1, -0.05) is 29.3 Å². The van der Waals surface area contributed by atoms with Gasteiger partial charge in [0.25, 0.3) is 11.5 Å². The molecule has 0 fully saturated rings. The second kappa shape index (κ2) is 10.4. The van der Waals surface area contributed by atoms with Crippen molar-refractivity contribution in [3.8, 4) is 0 Å². The molecule has 0 aliphatic carbocycles. The van der Waals surface area contributed by atoms with Crippen LogP contribution in [0.5, 0.6) is 0 Å². The zero-order valence-electron chi connectivity index (χ0n) is 19.0. The summed E-state index contributed by atoms with van der Waals surface area (Å²) in [5, 5.41) is 5.26. The number of aromatic nitrogens is 2. The zero-order valence-corrected chi connectivity index (χ0v) is 20.6. The Bertz CT molecular complexity index is 1480. The van der Waals surface area contributed by atoms with Crippen LogP contribution in [0.3, 0.4) is 0 Å². The van der Waals surface area contributed by atoms with Crippen molar-refractivity contribution in [3.63, 3.8) is 0 Å². The van der Waals surface area contributed by atoms with Crippen LogP contribution in [-0.2, 0) is 18.4 Å². The highest BCUT2D eigenvalue weighted by Gasteiger charge is 2.15. The third-order valence-corrected chi connectivity index (χ3v) is 6.20. The van der Waals surface area contributed by atoms with Crippen LogP contribution in [0.25, 0.3) is 10.9 Å². The first-order valence-corrected chi connectivity index (χ1v) is 11.6. The lowest BCUT2D eigenvalue weighted by atomic mass is 10.1. The summed E-state index contributed by atoms with van der Waals surface area (Å²) in [6.07, 6.45) is 5.23. The van der Waals surface area contributed by atoms with Gasteiger partial charge in [0.1, 0.15) is 0 Å². The Morgan fingerprint density at radius 3 is 2.60 bits per heavy atom. The number of fused-ring (bicyclic) bond motifs is 1. The number of amides is 1. The number of carbonyl (C=O) groups is 1. The van der Waals surface area contributed by atoms with E-state index in [0.717, 1.165) is 10.1 Å². The summed E-state index contributed by atoms with van der Waals surface area (Å²) in [4.78, 5) is 44.2. The summed E-state index contributed by atoms with van der Waals surface area (Å²) in [5.41, 5.74) is 4.17. The Kier molecular flexibility index (Phi) is 7.30. The van der Waals surface area contributed by atoms with Gasteiger partial charge in [-0.05, 0) is 54.5 Å². The van der Waals surface area contributed by atoms with Crippen molar-refractivity contribution in [1.29, 1.82) is 0 Å². The largest absolute Gasteiger partial charge is 0.348 e. The highest BCUT2D eigenvalue weighted by molar-refractivity contribution is 6.42. The number of hydrazine groups is 1. The summed E-state index contributed by atoms with van der Waals surface area (Å²) in [7, 11) is 1.58. The topological polar surface area (TPSA) is 97.6 Å². The van der Waals surface area contributed by atoms with Gasteiger partial charge >= 0.3 is 5.69 Å². The van der Waals surface area contributed by atoms with E-state index in [9.17, 15) is 14.4 Å². The summed E-state index contributed by atoms with van der Waals surface area (Å²) in [6, 6.07) is 9.60. The lowest BCUT2D eigenvalue weighted by molar-refractivity contribution is -0.143. The SMILES string of the molecule is CCON1C=CC(CNC(=O)c2ccc3c(c2)c(=O)n(Cc2ccc(Cl)c(Cl)c2)c(=O)n3C)=CN1. The lowest BCUT2D eigenvalue weighted by Crippen LogP contribution is -2.39. The first-order valence-electron chi connectivity index (χ1n) is 10.8. The van der Waals surface area contributed by atoms with Gasteiger partial charge in [-0.2, -0.15) is 5.17 Å². The number of carbonyl (C=O) groups excluding carboxylic acids is 1. The predicted octanol–water partition coefficient (Wildman–Crippen LogP) is 2.95. The molecule has 2 heterocycles. The van der Waals surface area contributed by atoms with E-state index in [1.54, 1.807) is 49.8 Å². The number of aryl methyl sites for hydroxylation is 1. The van der Waals surface area contributed by atoms with Gasteiger partial charge in [0, 0.05) is 25.4 Å². The maximum absolute atomic E-state index is 13.2. The molecule has 0 bridgehead atoms. The third kappa shape index (κ3) is 5.27. The summed E-state index contributed by atoms with van der Waals surface area (Å²) in [6.45, 7) is 2.68. The number of rotatable bonds is 7. The fourth-order valence-corrected chi connectivity index (χ4v) is 3.95. The minimum atomic E-state index is -0.498. The number of benzene rings is 2. The average molecular weight is 516 g/mol. The molecular weight excluding hydrogens is 493 g/mol. The Morgan fingerprint density at radius 1 is 1.11 bits per heavy atom. The van der Waals surface area contributed by atoms with Gasteiger partial charge in [-0.25, -0.2) is 4.79 Å². The number of halogens is 2. The van der Waals surface area contributed by atoms with Gasteiger partial charge in [0.2, 0.25) is 0 Å². The standard InChI is InChI=1S/C24H23Cl2N5O4/c1-3-35-31-9-8-16(13-28-31)12-27-22(32)17-5-7-21-18(11-17)23(33)30(24(34)29(21)2)14-15-4-6-19(25)20(26)10-15/h4-11,13,28H,3,12,14H2,1-2H3,(H,27,32). The molecule has 0 radical (unpaired) electrons. The maximum atomic E-state index is 13.2. The molecule has 2 N–H and O–H groups in total. The first-order chi connectivity index (χ1) is 16.8. The van der Waals surface area contributed by atoms with Gasteiger partial charge in [0.05, 0.1) is 40.3 Å². The normalized spacial score (nSPS) is 13.0. The molecule has 0 saturated carbocycles. The predicted molar refractivity (Wildman–Crippen MR) is 135 cm³/mol. The van der Waals surface area contributed by atoms with Crippen molar-refractivity contribution in [2.24, 2.45) is 7.05 Å². The average Bonchev–Trinajstić information content (AvgIpc) is 2.86. The summed E-state index contributed by atoms with van der Waals surface area (Å²) >= 11 is 12.0. The van der Waals surface area contributed by atoms with E-state index in [1.807, 2.05) is 13.0 Å². The van der Waals surface area contributed by atoms with E-state index in [-0.39, 0.29) is 24.4 Å². The van der Waals surface area contributed by atoms with Crippen molar-refractivity contribution >= 4 is 40.0 Å². The molecule has 1 aliphatic rings. The molecule has 0 saturated heterocycles. The van der Waals surface area contributed by atoms with Crippen molar-refractivity contribution in [1.82, 2.24) is 25.0 Å². The van der Waals surface area contributed by atoms with Crippen molar-refractivity contribution < 1.29 is 9.63 Å². The molecule has 3 aromatic rings. The van der Waals surface area contributed by atoms with Crippen LogP contribution in [0.15, 0.2) is 70.0 Å². The molecule has 2 aromatic carbocycles. The third-order valence-electron chi connectivity index (χ3n) is 5.46. The van der Waals surface area contributed by atoms with Gasteiger partial charge < -0.3 is 5.32 Å². The monoisotopic (exact) mass is 515 g/mol. The molecule has 182 valence electrons. The van der Waals surface area contributed by atoms with Crippen LogP contribution in [0, 0.1) is 0 Å². The van der Waals surface area contributed by atoms with Crippen LogP contribution in [-0.4, -0.2) is 33.4 Å². The van der Waals surface area contributed by atoms with E-state index in [1.165, 1.54) is 15.8 Å². The minimum Gasteiger partial charge on any atom is -0.348 e. The molecule has 0 spiro atoms. The van der Waals surface area contributed by atoms with Crippen LogP contribution >= 0.6 is 23.2 Å². The zero-order chi connectivity index (χ0) is 25.1. The minimum absolute atomic E-state index is 0.0149. The highest BCUT2D eigenvalue weighted by Crippen LogP contribution is 2.22. The number of hydrogen-bond donors (Lipinski definition) is 2. The fourth-order valence-electron chi connectivity index (χ4n) is 3.63. The number of nitrogens with one attached hydrogen (secondary N) is 2. The highest BCUT2D eigenvalue weighted by atomic mass is 35.5. The molecule has 0 unspecified atom stereocenters. The van der Waals surface area contributed by atoms with Crippen LogP contribution in [0.1, 0.15) is 22.8 Å². The van der Waals surface area contributed by atoms with E-state index in [2.05, 4.69) is 10.7 Å². The van der Waals surface area contributed by atoms with E-state index in [0.29, 0.717) is 33.3 Å². The lowest BCUT2D eigenvalue weighted by Gasteiger charge is -2.22. The smallest absolute Gasteiger partial charge is 0.331 e. The Labute approximate surface area is 210 Å². The Morgan fingerprint density at radius 2 is 1.91 bits per heavy atom. The maximum Gasteiger partial charge on any atom is 0.331 e. The number of hydrogen-bond acceptors (Lipinski definition) is 6. The van der Waals surface area contributed by atoms with Gasteiger partial charge in [-0.15, -0.1) is 0 Å². The molecule has 35 heavy (non-hydrogen) atoms. The second-order valence-electron chi connectivity index (χ2n) is 7.80. The van der Waals surface area contributed by atoms with E-state index in [4.69, 9.17) is 28.0 Å².